The number of benzene rings is 1. The van der Waals surface area contributed by atoms with Crippen LogP contribution in [-0.2, 0) is 9.59 Å². The molecule has 3 aliphatic heterocycles. The van der Waals surface area contributed by atoms with Crippen molar-refractivity contribution in [2.24, 2.45) is 0 Å². The van der Waals surface area contributed by atoms with Gasteiger partial charge in [0.2, 0.25) is 11.8 Å². The zero-order valence-electron chi connectivity index (χ0n) is 20.3. The number of thioether (sulfide) groups is 1. The first-order valence-corrected chi connectivity index (χ1v) is 13.0. The summed E-state index contributed by atoms with van der Waals surface area (Å²) in [6, 6.07) is 6.53. The highest BCUT2D eigenvalue weighted by Crippen LogP contribution is 2.51. The molecule has 0 radical (unpaired) electrons. The molecule has 2 aromatic rings. The lowest BCUT2D eigenvalue weighted by atomic mass is 9.98. The second kappa shape index (κ2) is 9.85. The van der Waals surface area contributed by atoms with E-state index in [0.29, 0.717) is 19.7 Å². The van der Waals surface area contributed by atoms with Crippen molar-refractivity contribution >= 4 is 41.0 Å². The van der Waals surface area contributed by atoms with Crippen LogP contribution in [0.1, 0.15) is 36.9 Å². The summed E-state index contributed by atoms with van der Waals surface area (Å²) in [5.41, 5.74) is 3.22. The van der Waals surface area contributed by atoms with Crippen LogP contribution in [0.3, 0.4) is 0 Å². The van der Waals surface area contributed by atoms with E-state index >= 15 is 0 Å². The summed E-state index contributed by atoms with van der Waals surface area (Å²) in [6.07, 6.45) is 4.58. The maximum absolute atomic E-state index is 13.4. The monoisotopic (exact) mass is 507 g/mol. The SMILES string of the molecule is C=CC(=O)N1CCCC(NC(=O)[C@@H]2Sc3nccc4c3C2NC(=O)N4c2ccc(OCC)cc2C)C1. The summed E-state index contributed by atoms with van der Waals surface area (Å²) in [6.45, 7) is 9.10. The van der Waals surface area contributed by atoms with Gasteiger partial charge < -0.3 is 20.3 Å². The molecule has 1 aromatic carbocycles. The van der Waals surface area contributed by atoms with Crippen molar-refractivity contribution in [3.05, 3.63) is 54.2 Å². The lowest BCUT2D eigenvalue weighted by Gasteiger charge is -2.36. The quantitative estimate of drug-likeness (QED) is 0.581. The average molecular weight is 508 g/mol. The lowest BCUT2D eigenvalue weighted by molar-refractivity contribution is -0.129. The summed E-state index contributed by atoms with van der Waals surface area (Å²) in [5.74, 6) is 0.449. The number of pyridine rings is 1. The molecule has 1 aromatic heterocycles. The van der Waals surface area contributed by atoms with Crippen molar-refractivity contribution in [2.45, 2.75) is 49.0 Å². The lowest BCUT2D eigenvalue weighted by Crippen LogP contribution is -2.53. The molecule has 10 heteroatoms. The molecule has 1 fully saturated rings. The van der Waals surface area contributed by atoms with Crippen LogP contribution in [0.25, 0.3) is 0 Å². The van der Waals surface area contributed by atoms with Gasteiger partial charge in [-0.05, 0) is 62.6 Å². The zero-order valence-corrected chi connectivity index (χ0v) is 21.1. The molecule has 9 nitrogen and oxygen atoms in total. The van der Waals surface area contributed by atoms with Crippen molar-refractivity contribution in [1.29, 1.82) is 0 Å². The summed E-state index contributed by atoms with van der Waals surface area (Å²) >= 11 is 1.36. The van der Waals surface area contributed by atoms with Crippen LogP contribution in [0.5, 0.6) is 5.75 Å². The Labute approximate surface area is 214 Å². The van der Waals surface area contributed by atoms with E-state index in [1.165, 1.54) is 17.8 Å². The minimum Gasteiger partial charge on any atom is -0.494 e. The third-order valence-corrected chi connectivity index (χ3v) is 8.03. The zero-order chi connectivity index (χ0) is 25.4. The third kappa shape index (κ3) is 4.30. The third-order valence-electron chi connectivity index (χ3n) is 6.74. The molecule has 3 atom stereocenters. The summed E-state index contributed by atoms with van der Waals surface area (Å²) < 4.78 is 5.60. The van der Waals surface area contributed by atoms with Crippen LogP contribution in [0.4, 0.5) is 16.2 Å². The van der Waals surface area contributed by atoms with E-state index in [9.17, 15) is 14.4 Å². The number of hydrogen-bond donors (Lipinski definition) is 2. The second-order valence-corrected chi connectivity index (χ2v) is 10.2. The van der Waals surface area contributed by atoms with Crippen molar-refractivity contribution in [3.8, 4) is 5.75 Å². The summed E-state index contributed by atoms with van der Waals surface area (Å²) in [4.78, 5) is 46.7. The van der Waals surface area contributed by atoms with Gasteiger partial charge in [0.25, 0.3) is 0 Å². The fourth-order valence-corrected chi connectivity index (χ4v) is 6.34. The Morgan fingerprint density at radius 2 is 2.17 bits per heavy atom. The first kappa shape index (κ1) is 24.2. The first-order valence-electron chi connectivity index (χ1n) is 12.1. The minimum atomic E-state index is -0.549. The van der Waals surface area contributed by atoms with E-state index in [0.717, 1.165) is 46.1 Å². The predicted molar refractivity (Wildman–Crippen MR) is 138 cm³/mol. The number of aryl methyl sites for hydroxylation is 1. The number of aromatic nitrogens is 1. The van der Waals surface area contributed by atoms with Crippen LogP contribution < -0.4 is 20.3 Å². The maximum Gasteiger partial charge on any atom is 0.327 e. The molecule has 2 N–H and O–H groups in total. The van der Waals surface area contributed by atoms with Gasteiger partial charge in [-0.25, -0.2) is 9.78 Å². The molecule has 1 saturated heterocycles. The number of rotatable bonds is 6. The molecular formula is C26H29N5O4S. The second-order valence-electron chi connectivity index (χ2n) is 9.07. The molecule has 4 heterocycles. The number of piperidine rings is 1. The number of likely N-dealkylation sites (tertiary alicyclic amines) is 1. The van der Waals surface area contributed by atoms with Gasteiger partial charge in [0.05, 0.1) is 24.0 Å². The molecule has 2 unspecified atom stereocenters. The molecule has 36 heavy (non-hydrogen) atoms. The van der Waals surface area contributed by atoms with Crippen LogP contribution in [0.2, 0.25) is 0 Å². The van der Waals surface area contributed by atoms with Crippen molar-refractivity contribution in [2.75, 3.05) is 24.6 Å². The van der Waals surface area contributed by atoms with Gasteiger partial charge in [0.15, 0.2) is 0 Å². The van der Waals surface area contributed by atoms with Crippen LogP contribution in [-0.4, -0.2) is 58.7 Å². The van der Waals surface area contributed by atoms with E-state index < -0.39 is 11.3 Å². The van der Waals surface area contributed by atoms with E-state index in [4.69, 9.17) is 4.74 Å². The topological polar surface area (TPSA) is 104 Å². The number of nitrogens with one attached hydrogen (secondary N) is 2. The smallest absolute Gasteiger partial charge is 0.327 e. The van der Waals surface area contributed by atoms with Gasteiger partial charge in [-0.1, -0.05) is 18.3 Å². The molecule has 0 saturated carbocycles. The van der Waals surface area contributed by atoms with E-state index in [1.807, 2.05) is 38.1 Å². The molecule has 0 bridgehead atoms. The van der Waals surface area contributed by atoms with Crippen LogP contribution in [0, 0.1) is 6.92 Å². The van der Waals surface area contributed by atoms with Gasteiger partial charge in [-0.2, -0.15) is 0 Å². The molecule has 3 aliphatic rings. The number of hydrogen-bond acceptors (Lipinski definition) is 6. The molecule has 0 spiro atoms. The van der Waals surface area contributed by atoms with Gasteiger partial charge >= 0.3 is 6.03 Å². The molecule has 188 valence electrons. The Balaban J connectivity index is 1.39. The number of nitrogens with zero attached hydrogens (tertiary/aromatic N) is 3. The van der Waals surface area contributed by atoms with Gasteiger partial charge in [0.1, 0.15) is 16.0 Å². The number of ether oxygens (including phenoxy) is 1. The fourth-order valence-electron chi connectivity index (χ4n) is 5.11. The molecular weight excluding hydrogens is 478 g/mol. The normalized spacial score (nSPS) is 22.5. The summed E-state index contributed by atoms with van der Waals surface area (Å²) in [7, 11) is 0. The largest absolute Gasteiger partial charge is 0.494 e. The Morgan fingerprint density at radius 3 is 2.92 bits per heavy atom. The number of amides is 4. The van der Waals surface area contributed by atoms with E-state index in [-0.39, 0.29) is 23.9 Å². The highest BCUT2D eigenvalue weighted by molar-refractivity contribution is 8.01. The van der Waals surface area contributed by atoms with Crippen LogP contribution >= 0.6 is 11.8 Å². The van der Waals surface area contributed by atoms with E-state index in [2.05, 4.69) is 22.2 Å². The number of urea groups is 1. The highest BCUT2D eigenvalue weighted by atomic mass is 32.2. The van der Waals surface area contributed by atoms with Crippen molar-refractivity contribution in [1.82, 2.24) is 20.5 Å². The van der Waals surface area contributed by atoms with Gasteiger partial charge in [-0.15, -0.1) is 0 Å². The van der Waals surface area contributed by atoms with Crippen molar-refractivity contribution in [3.63, 3.8) is 0 Å². The van der Waals surface area contributed by atoms with Gasteiger partial charge in [0, 0.05) is 30.9 Å². The number of carbonyl (C=O) groups excluding carboxylic acids is 3. The van der Waals surface area contributed by atoms with Gasteiger partial charge in [-0.3, -0.25) is 14.5 Å². The Kier molecular flexibility index (Phi) is 6.61. The molecule has 0 aliphatic carbocycles. The summed E-state index contributed by atoms with van der Waals surface area (Å²) in [5, 5.41) is 6.34. The Morgan fingerprint density at radius 1 is 1.33 bits per heavy atom. The Bertz CT molecular complexity index is 1230. The number of carbonyl (C=O) groups is 3. The van der Waals surface area contributed by atoms with Crippen molar-refractivity contribution < 1.29 is 19.1 Å². The minimum absolute atomic E-state index is 0.130. The predicted octanol–water partition coefficient (Wildman–Crippen LogP) is 3.46. The average Bonchev–Trinajstić information content (AvgIpc) is 3.24. The van der Waals surface area contributed by atoms with E-state index in [1.54, 1.807) is 16.0 Å². The molecule has 4 amide bonds. The fraction of sp³-hybridized carbons (Fsp3) is 0.385. The number of anilines is 2. The first-order chi connectivity index (χ1) is 17.4. The maximum atomic E-state index is 13.4. The van der Waals surface area contributed by atoms with Crippen LogP contribution in [0.15, 0.2) is 48.1 Å². The standard InChI is InChI=1S/C26H29N5O4S/c1-4-20(32)30-12-6-7-16(14-30)28-24(33)23-22-21-19(10-11-27-25(21)36-23)31(26(34)29-22)18-9-8-17(35-5-2)13-15(18)3/h4,8-11,13,16,22-23H,1,5-7,12,14H2,2-3H3,(H,28,33)(H,29,34)/t16?,22?,23-/m1/s1. The highest BCUT2D eigenvalue weighted by Gasteiger charge is 2.47. The molecule has 5 rings (SSSR count). The Hall–Kier alpha value is -3.53.